The molecule has 0 radical (unpaired) electrons. The highest BCUT2D eigenvalue weighted by Crippen LogP contribution is 2.33. The average Bonchev–Trinajstić information content (AvgIpc) is 3.56. The molecule has 3 aromatic rings. The maximum Gasteiger partial charge on any atom is 0.260 e. The first-order chi connectivity index (χ1) is 18.2. The van der Waals surface area contributed by atoms with Crippen LogP contribution in [0.4, 0.5) is 5.13 Å². The second-order valence-electron chi connectivity index (χ2n) is 9.71. The first-order valence-corrected chi connectivity index (χ1v) is 15.2. The number of carbonyl (C=O) groups is 1. The molecule has 2 saturated heterocycles. The molecule has 1 aromatic heterocycles. The lowest BCUT2D eigenvalue weighted by Crippen LogP contribution is -2.48. The van der Waals surface area contributed by atoms with Crippen LogP contribution in [0, 0.1) is 0 Å². The summed E-state index contributed by atoms with van der Waals surface area (Å²) in [5.74, 6) is 0.509. The van der Waals surface area contributed by atoms with Gasteiger partial charge in [0, 0.05) is 25.3 Å². The van der Waals surface area contributed by atoms with Gasteiger partial charge in [-0.05, 0) is 76.1 Å². The number of hydrogen-bond donors (Lipinski definition) is 0. The zero-order valence-electron chi connectivity index (χ0n) is 21.8. The van der Waals surface area contributed by atoms with E-state index in [9.17, 15) is 13.2 Å². The summed E-state index contributed by atoms with van der Waals surface area (Å²) in [7, 11) is -3.70. The fourth-order valence-electron chi connectivity index (χ4n) is 4.91. The Kier molecular flexibility index (Phi) is 8.01. The van der Waals surface area contributed by atoms with Crippen LogP contribution in [0.3, 0.4) is 0 Å². The molecular weight excluding hydrogens is 526 g/mol. The number of anilines is 1. The smallest absolute Gasteiger partial charge is 0.260 e. The number of hydrogen-bond acceptors (Lipinski definition) is 8. The molecule has 3 heterocycles. The molecule has 3 atom stereocenters. The monoisotopic (exact) mass is 559 g/mol. The maximum absolute atomic E-state index is 13.8. The Labute approximate surface area is 227 Å². The van der Waals surface area contributed by atoms with Crippen LogP contribution in [-0.4, -0.2) is 74.8 Å². The number of fused-ring (bicyclic) bond motifs is 1. The van der Waals surface area contributed by atoms with Crippen molar-refractivity contribution in [2.24, 2.45) is 0 Å². The Morgan fingerprint density at radius 2 is 1.89 bits per heavy atom. The van der Waals surface area contributed by atoms with E-state index < -0.39 is 10.0 Å². The molecule has 0 aliphatic carbocycles. The van der Waals surface area contributed by atoms with Crippen LogP contribution >= 0.6 is 11.3 Å². The van der Waals surface area contributed by atoms with Gasteiger partial charge in [-0.2, -0.15) is 4.31 Å². The van der Waals surface area contributed by atoms with Gasteiger partial charge in [0.25, 0.3) is 5.91 Å². The van der Waals surface area contributed by atoms with Crippen LogP contribution in [0.5, 0.6) is 5.75 Å². The molecule has 2 aliphatic heterocycles. The van der Waals surface area contributed by atoms with Crippen molar-refractivity contribution < 1.29 is 27.4 Å². The van der Waals surface area contributed by atoms with Gasteiger partial charge >= 0.3 is 0 Å². The fraction of sp³-hybridized carbons (Fsp3) is 0.481. The lowest BCUT2D eigenvalue weighted by molar-refractivity contribution is -0.0440. The molecule has 2 aliphatic rings. The third-order valence-corrected chi connectivity index (χ3v) is 9.56. The van der Waals surface area contributed by atoms with E-state index in [1.807, 2.05) is 39.0 Å². The van der Waals surface area contributed by atoms with E-state index in [4.69, 9.17) is 19.2 Å². The van der Waals surface area contributed by atoms with Crippen molar-refractivity contribution in [2.75, 3.05) is 37.7 Å². The highest BCUT2D eigenvalue weighted by molar-refractivity contribution is 7.89. The average molecular weight is 560 g/mol. The number of amides is 1. The minimum atomic E-state index is -3.70. The number of thiazole rings is 1. The molecule has 2 fully saturated rings. The lowest BCUT2D eigenvalue weighted by atomic mass is 10.2. The maximum atomic E-state index is 13.8. The number of rotatable bonds is 8. The van der Waals surface area contributed by atoms with Crippen molar-refractivity contribution in [3.05, 3.63) is 48.0 Å². The van der Waals surface area contributed by atoms with Gasteiger partial charge in [-0.15, -0.1) is 0 Å². The van der Waals surface area contributed by atoms with E-state index in [0.717, 1.165) is 28.8 Å². The van der Waals surface area contributed by atoms with Crippen LogP contribution < -0.4 is 9.64 Å². The number of carbonyl (C=O) groups excluding carboxylic acids is 1. The predicted molar refractivity (Wildman–Crippen MR) is 147 cm³/mol. The molecule has 3 unspecified atom stereocenters. The lowest BCUT2D eigenvalue weighted by Gasteiger charge is -2.34. The van der Waals surface area contributed by atoms with Gasteiger partial charge in [0.15, 0.2) is 5.13 Å². The van der Waals surface area contributed by atoms with E-state index >= 15 is 0 Å². The summed E-state index contributed by atoms with van der Waals surface area (Å²) in [5, 5.41) is 0.571. The van der Waals surface area contributed by atoms with Crippen LogP contribution in [0.1, 0.15) is 44.0 Å². The number of ether oxygens (including phenoxy) is 3. The van der Waals surface area contributed by atoms with Crippen molar-refractivity contribution in [3.8, 4) is 5.75 Å². The highest BCUT2D eigenvalue weighted by Gasteiger charge is 2.33. The molecule has 11 heteroatoms. The van der Waals surface area contributed by atoms with E-state index in [2.05, 4.69) is 0 Å². The highest BCUT2D eigenvalue weighted by atomic mass is 32.2. The molecule has 1 amide bonds. The third-order valence-electron chi connectivity index (χ3n) is 6.67. The van der Waals surface area contributed by atoms with Crippen molar-refractivity contribution in [2.45, 2.75) is 56.8 Å². The molecule has 2 aromatic carbocycles. The molecule has 0 N–H and O–H groups in total. The second-order valence-corrected chi connectivity index (χ2v) is 12.7. The zero-order valence-corrected chi connectivity index (χ0v) is 23.5. The SMILES string of the molecule is CCOc1ccc2nc(N(CC3CCCO3)C(=O)c3ccc(S(=O)(=O)N4CC(C)OC(C)C4)cc3)sc2c1. The van der Waals surface area contributed by atoms with Crippen molar-refractivity contribution in [1.29, 1.82) is 0 Å². The normalized spacial score (nSPS) is 22.6. The van der Waals surface area contributed by atoms with Gasteiger partial charge in [-0.3, -0.25) is 9.69 Å². The zero-order chi connectivity index (χ0) is 26.9. The Hall–Kier alpha value is -2.57. The summed E-state index contributed by atoms with van der Waals surface area (Å²) in [4.78, 5) is 20.3. The van der Waals surface area contributed by atoms with E-state index in [0.29, 0.717) is 43.5 Å². The molecule has 9 nitrogen and oxygen atoms in total. The second kappa shape index (κ2) is 11.3. The van der Waals surface area contributed by atoms with Crippen LogP contribution in [0.15, 0.2) is 47.4 Å². The standard InChI is InChI=1S/C27H33N3O6S2/c1-4-34-21-9-12-24-25(14-21)37-27(28-24)30(17-22-6-5-13-35-22)26(31)20-7-10-23(11-8-20)38(32,33)29-15-18(2)36-19(3)16-29/h7-12,14,18-19,22H,4-6,13,15-17H2,1-3H3. The van der Waals surface area contributed by atoms with E-state index in [1.54, 1.807) is 17.0 Å². The molecule has 0 spiro atoms. The summed E-state index contributed by atoms with van der Waals surface area (Å²) in [6.07, 6.45) is 1.39. The van der Waals surface area contributed by atoms with Crippen LogP contribution in [0.25, 0.3) is 10.2 Å². The van der Waals surface area contributed by atoms with Gasteiger partial charge in [0.1, 0.15) is 5.75 Å². The van der Waals surface area contributed by atoms with Gasteiger partial charge in [-0.1, -0.05) is 11.3 Å². The van der Waals surface area contributed by atoms with Gasteiger partial charge in [-0.25, -0.2) is 13.4 Å². The molecule has 0 saturated carbocycles. The number of aromatic nitrogens is 1. The Morgan fingerprint density at radius 3 is 2.55 bits per heavy atom. The number of morpholine rings is 1. The summed E-state index contributed by atoms with van der Waals surface area (Å²) in [5.41, 5.74) is 1.17. The summed E-state index contributed by atoms with van der Waals surface area (Å²) >= 11 is 1.42. The Morgan fingerprint density at radius 1 is 1.16 bits per heavy atom. The molecular formula is C27H33N3O6S2. The van der Waals surface area contributed by atoms with Crippen molar-refractivity contribution in [3.63, 3.8) is 0 Å². The summed E-state index contributed by atoms with van der Waals surface area (Å²) < 4.78 is 46.0. The summed E-state index contributed by atoms with van der Waals surface area (Å²) in [6, 6.07) is 11.9. The van der Waals surface area contributed by atoms with Gasteiger partial charge in [0.2, 0.25) is 10.0 Å². The number of benzene rings is 2. The van der Waals surface area contributed by atoms with Crippen molar-refractivity contribution in [1.82, 2.24) is 9.29 Å². The van der Waals surface area contributed by atoms with Crippen LogP contribution in [-0.2, 0) is 19.5 Å². The van der Waals surface area contributed by atoms with E-state index in [-0.39, 0.29) is 29.1 Å². The quantitative estimate of drug-likeness (QED) is 0.405. The number of nitrogens with zero attached hydrogens (tertiary/aromatic N) is 3. The minimum absolute atomic E-state index is 0.0742. The topological polar surface area (TPSA) is 98.3 Å². The van der Waals surface area contributed by atoms with E-state index in [1.165, 1.54) is 27.8 Å². The molecule has 38 heavy (non-hydrogen) atoms. The molecule has 204 valence electrons. The third kappa shape index (κ3) is 5.72. The summed E-state index contributed by atoms with van der Waals surface area (Å²) in [6.45, 7) is 7.87. The predicted octanol–water partition coefficient (Wildman–Crippen LogP) is 4.32. The number of sulfonamides is 1. The first-order valence-electron chi connectivity index (χ1n) is 13.0. The minimum Gasteiger partial charge on any atom is -0.494 e. The van der Waals surface area contributed by atoms with Gasteiger partial charge < -0.3 is 14.2 Å². The first kappa shape index (κ1) is 27.0. The Bertz CT molecular complexity index is 1380. The van der Waals surface area contributed by atoms with Gasteiger partial charge in [0.05, 0.1) is 46.6 Å². The fourth-order valence-corrected chi connectivity index (χ4v) is 7.50. The van der Waals surface area contributed by atoms with Crippen molar-refractivity contribution >= 4 is 42.6 Å². The molecule has 5 rings (SSSR count). The Balaban J connectivity index is 1.41. The molecule has 0 bridgehead atoms. The largest absolute Gasteiger partial charge is 0.494 e. The van der Waals surface area contributed by atoms with Crippen LogP contribution in [0.2, 0.25) is 0 Å².